The Balaban J connectivity index is 2.37. The largest absolute Gasteiger partial charge is 0.459 e. The number of benzene rings is 1. The highest BCUT2D eigenvalue weighted by Gasteiger charge is 2.53. The van der Waals surface area contributed by atoms with Crippen LogP contribution in [-0.4, -0.2) is 18.2 Å². The molecule has 0 heterocycles. The molecule has 0 saturated heterocycles. The molecule has 5 heteroatoms. The molecule has 1 aromatic rings. The predicted octanol–water partition coefficient (Wildman–Crippen LogP) is 4.51. The van der Waals surface area contributed by atoms with Gasteiger partial charge in [0.1, 0.15) is 5.60 Å². The molecule has 0 amide bonds. The van der Waals surface area contributed by atoms with E-state index in [2.05, 4.69) is 0 Å². The minimum absolute atomic E-state index is 0.191. The van der Waals surface area contributed by atoms with Crippen molar-refractivity contribution in [3.05, 3.63) is 28.8 Å². The number of rotatable bonds is 5. The van der Waals surface area contributed by atoms with Gasteiger partial charge in [0.15, 0.2) is 0 Å². The van der Waals surface area contributed by atoms with Crippen LogP contribution < -0.4 is 5.73 Å². The van der Waals surface area contributed by atoms with E-state index < -0.39 is 11.0 Å². The molecule has 0 radical (unpaired) electrons. The summed E-state index contributed by atoms with van der Waals surface area (Å²) in [6.45, 7) is 8.08. The average Bonchev–Trinajstić information content (AvgIpc) is 2.38. The lowest BCUT2D eigenvalue weighted by Gasteiger charge is -2.46. The fourth-order valence-corrected chi connectivity index (χ4v) is 3.10. The third-order valence-corrected chi connectivity index (χ3v) is 4.55. The van der Waals surface area contributed by atoms with Gasteiger partial charge in [0.25, 0.3) is 0 Å². The van der Waals surface area contributed by atoms with Gasteiger partial charge in [-0.25, -0.2) is 0 Å². The number of halogens is 1. The van der Waals surface area contributed by atoms with Crippen molar-refractivity contribution in [1.29, 1.82) is 0 Å². The number of nitrogens with two attached hydrogens (primary N) is 1. The molecule has 2 N–H and O–H groups in total. The lowest BCUT2D eigenvalue weighted by atomic mass is 9.63. The predicted molar refractivity (Wildman–Crippen MR) is 92.4 cm³/mol. The molecular formula is C18H26ClNO3. The minimum Gasteiger partial charge on any atom is -0.459 e. The number of ether oxygens (including phenoxy) is 2. The van der Waals surface area contributed by atoms with Crippen LogP contribution in [0.15, 0.2) is 18.2 Å². The van der Waals surface area contributed by atoms with Gasteiger partial charge in [-0.15, -0.1) is 0 Å². The Morgan fingerprint density at radius 3 is 2.48 bits per heavy atom. The summed E-state index contributed by atoms with van der Waals surface area (Å²) in [6.07, 6.45) is 2.14. The topological polar surface area (TPSA) is 61.5 Å². The zero-order chi connectivity index (χ0) is 17.3. The number of nitrogen functional groups attached to an aromatic ring is 1. The first-order valence-corrected chi connectivity index (χ1v) is 8.47. The van der Waals surface area contributed by atoms with Crippen LogP contribution in [0.5, 0.6) is 0 Å². The van der Waals surface area contributed by atoms with Crippen molar-refractivity contribution in [2.45, 2.75) is 58.7 Å². The summed E-state index contributed by atoms with van der Waals surface area (Å²) < 4.78 is 11.6. The van der Waals surface area contributed by atoms with Gasteiger partial charge in [0.05, 0.1) is 22.2 Å². The van der Waals surface area contributed by atoms with E-state index in [1.54, 1.807) is 12.1 Å². The second kappa shape index (κ2) is 6.70. The number of carbonyl (C=O) groups is 1. The Morgan fingerprint density at radius 2 is 2.04 bits per heavy atom. The maximum absolute atomic E-state index is 12.8. The van der Waals surface area contributed by atoms with Gasteiger partial charge in [-0.1, -0.05) is 24.1 Å². The molecule has 128 valence electrons. The standard InChI is InChI=1S/C18H26ClNO3/c1-5-22-15(12-7-8-13(19)14(20)11-12)18(9-6-10-18)16(21)23-17(2,3)4/h7-8,11,15H,5-6,9-10,20H2,1-4H3. The summed E-state index contributed by atoms with van der Waals surface area (Å²) in [4.78, 5) is 12.8. The van der Waals surface area contributed by atoms with Crippen molar-refractivity contribution < 1.29 is 14.3 Å². The maximum Gasteiger partial charge on any atom is 0.315 e. The number of hydrogen-bond donors (Lipinski definition) is 1. The highest BCUT2D eigenvalue weighted by atomic mass is 35.5. The molecule has 1 aromatic carbocycles. The van der Waals surface area contributed by atoms with Crippen LogP contribution >= 0.6 is 11.6 Å². The van der Waals surface area contributed by atoms with Gasteiger partial charge in [-0.2, -0.15) is 0 Å². The number of carbonyl (C=O) groups excluding carboxylic acids is 1. The monoisotopic (exact) mass is 339 g/mol. The van der Waals surface area contributed by atoms with Crippen LogP contribution in [-0.2, 0) is 14.3 Å². The van der Waals surface area contributed by atoms with Gasteiger partial charge >= 0.3 is 5.97 Å². The number of hydrogen-bond acceptors (Lipinski definition) is 4. The van der Waals surface area contributed by atoms with E-state index in [9.17, 15) is 4.79 Å². The molecule has 0 aromatic heterocycles. The fourth-order valence-electron chi connectivity index (χ4n) is 2.98. The third kappa shape index (κ3) is 3.81. The normalized spacial score (nSPS) is 18.1. The number of anilines is 1. The van der Waals surface area contributed by atoms with Crippen LogP contribution in [0.2, 0.25) is 5.02 Å². The van der Waals surface area contributed by atoms with Crippen LogP contribution in [0.1, 0.15) is 58.6 Å². The van der Waals surface area contributed by atoms with Crippen molar-refractivity contribution in [2.24, 2.45) is 5.41 Å². The molecule has 0 bridgehead atoms. The first kappa shape index (κ1) is 18.1. The van der Waals surface area contributed by atoms with Gasteiger partial charge in [-0.05, 0) is 58.2 Å². The molecule has 1 aliphatic carbocycles. The van der Waals surface area contributed by atoms with Crippen molar-refractivity contribution in [2.75, 3.05) is 12.3 Å². The smallest absolute Gasteiger partial charge is 0.315 e. The molecule has 0 aliphatic heterocycles. The molecular weight excluding hydrogens is 314 g/mol. The molecule has 1 aliphatic rings. The van der Waals surface area contributed by atoms with E-state index in [0.717, 1.165) is 24.8 Å². The summed E-state index contributed by atoms with van der Waals surface area (Å²) >= 11 is 6.02. The Morgan fingerprint density at radius 1 is 1.39 bits per heavy atom. The summed E-state index contributed by atoms with van der Waals surface area (Å²) in [5, 5.41) is 0.504. The molecule has 1 unspecified atom stereocenters. The fraction of sp³-hybridized carbons (Fsp3) is 0.611. The Kier molecular flexibility index (Phi) is 5.27. The zero-order valence-corrected chi connectivity index (χ0v) is 15.1. The summed E-state index contributed by atoms with van der Waals surface area (Å²) in [7, 11) is 0. The van der Waals surface area contributed by atoms with E-state index >= 15 is 0 Å². The Bertz CT molecular complexity index is 576. The SMILES string of the molecule is CCOC(c1ccc(Cl)c(N)c1)C1(C(=O)OC(C)(C)C)CCC1. The third-order valence-electron chi connectivity index (χ3n) is 4.21. The first-order valence-electron chi connectivity index (χ1n) is 8.09. The van der Waals surface area contributed by atoms with E-state index in [1.807, 2.05) is 33.8 Å². The van der Waals surface area contributed by atoms with E-state index in [0.29, 0.717) is 17.3 Å². The van der Waals surface area contributed by atoms with Crippen molar-refractivity contribution >= 4 is 23.3 Å². The van der Waals surface area contributed by atoms with Crippen molar-refractivity contribution in [3.8, 4) is 0 Å². The maximum atomic E-state index is 12.8. The summed E-state index contributed by atoms with van der Waals surface area (Å²) in [5.74, 6) is -0.191. The van der Waals surface area contributed by atoms with E-state index in [1.165, 1.54) is 0 Å². The second-order valence-electron chi connectivity index (χ2n) is 7.13. The first-order chi connectivity index (χ1) is 10.7. The van der Waals surface area contributed by atoms with Gasteiger partial charge in [0, 0.05) is 6.61 Å². The highest BCUT2D eigenvalue weighted by Crippen LogP contribution is 2.53. The van der Waals surface area contributed by atoms with Crippen LogP contribution in [0, 0.1) is 5.41 Å². The van der Waals surface area contributed by atoms with Gasteiger partial charge in [0.2, 0.25) is 0 Å². The quantitative estimate of drug-likeness (QED) is 0.633. The van der Waals surface area contributed by atoms with Crippen LogP contribution in [0.25, 0.3) is 0 Å². The summed E-state index contributed by atoms with van der Waals surface area (Å²) in [6, 6.07) is 5.43. The molecule has 1 saturated carbocycles. The molecule has 4 nitrogen and oxygen atoms in total. The van der Waals surface area contributed by atoms with Gasteiger partial charge in [-0.3, -0.25) is 4.79 Å². The van der Waals surface area contributed by atoms with E-state index in [-0.39, 0.29) is 12.1 Å². The highest BCUT2D eigenvalue weighted by molar-refractivity contribution is 6.33. The molecule has 2 rings (SSSR count). The van der Waals surface area contributed by atoms with Crippen LogP contribution in [0.4, 0.5) is 5.69 Å². The molecule has 1 atom stereocenters. The van der Waals surface area contributed by atoms with Gasteiger partial charge < -0.3 is 15.2 Å². The minimum atomic E-state index is -0.635. The second-order valence-corrected chi connectivity index (χ2v) is 7.54. The lowest BCUT2D eigenvalue weighted by Crippen LogP contribution is -2.47. The average molecular weight is 340 g/mol. The molecule has 23 heavy (non-hydrogen) atoms. The Labute approximate surface area is 143 Å². The van der Waals surface area contributed by atoms with Crippen molar-refractivity contribution in [1.82, 2.24) is 0 Å². The molecule has 1 fully saturated rings. The van der Waals surface area contributed by atoms with E-state index in [4.69, 9.17) is 26.8 Å². The lowest BCUT2D eigenvalue weighted by molar-refractivity contribution is -0.189. The van der Waals surface area contributed by atoms with Crippen molar-refractivity contribution in [3.63, 3.8) is 0 Å². The number of esters is 1. The van der Waals surface area contributed by atoms with Crippen LogP contribution in [0.3, 0.4) is 0 Å². The zero-order valence-electron chi connectivity index (χ0n) is 14.3. The Hall–Kier alpha value is -1.26. The summed E-state index contributed by atoms with van der Waals surface area (Å²) in [5.41, 5.74) is 6.15. The molecule has 0 spiro atoms.